The number of hydrogen-bond donors (Lipinski definition) is 0. The van der Waals surface area contributed by atoms with E-state index in [0.717, 1.165) is 55.6 Å². The van der Waals surface area contributed by atoms with E-state index in [1.54, 1.807) is 159 Å². The number of aryl methyl sites for hydroxylation is 4. The van der Waals surface area contributed by atoms with Crippen LogP contribution >= 0.6 is 46.4 Å². The maximum absolute atomic E-state index is 13.3. The first-order valence-corrected chi connectivity index (χ1v) is 55.6. The van der Waals surface area contributed by atoms with Crippen molar-refractivity contribution in [2.75, 3.05) is 35.5 Å². The lowest BCUT2D eigenvalue weighted by Gasteiger charge is -2.19. The van der Waals surface area contributed by atoms with Crippen LogP contribution in [0.3, 0.4) is 0 Å². The standard InChI is InChI=1S/C23H28ClN3O3S.C22H24N4O3S.C22H27N3O3S.C21H24ClN3O3S.C20H21Cl2N3O3S/c1-14(2)18-12-21(30-7)20(13-19(18)24)27-15(3)22(25-26-27)31(28,29)17-10-8-16(9-11-17)23(4,5)6;1-14-12-19(20(29-7)13-18(14)23-6)26-15(2)21(24-25-26)30(27,28)17-10-8-16(9-11-17)22(3,4)5;1-14-12-19(20(28-7)13-15(14)2)25-16(3)21(23-24-25)29(26,27)18-10-8-17(9-11-18)22(4,5)6;1-13-11-19(28-6)18(12-17(13)22)25-14(2)20(23-24-25)29(26,27)16-9-7-15(8-10-16)21(3,4)5;1-12-19(29(26,27)14-8-6-13(7-9-14)20(2,3)4)23-24-25(12)17-10-15(21)16(22)11-18(17)28-5/h8-14H,1-7H3;8-13H,1-5,7H3;8-13H,1-7H3;7-12H,1-6H3;6-11H,1-5H3. The predicted molar refractivity (Wildman–Crippen MR) is 576 cm³/mol. The molecule has 0 saturated carbocycles. The summed E-state index contributed by atoms with van der Waals surface area (Å²) in [5, 5.41) is 41.5. The van der Waals surface area contributed by atoms with Crippen LogP contribution < -0.4 is 23.7 Å². The van der Waals surface area contributed by atoms with Crippen molar-refractivity contribution in [1.82, 2.24) is 75.0 Å². The smallest absolute Gasteiger partial charge is 0.227 e. The molecule has 0 fully saturated rings. The Labute approximate surface area is 888 Å². The number of methoxy groups -OCH3 is 5. The largest absolute Gasteiger partial charge is 0.496 e. The molecule has 0 aliphatic heterocycles. The van der Waals surface area contributed by atoms with Gasteiger partial charge in [-0.25, -0.2) is 70.3 Å². The molecule has 0 spiro atoms. The summed E-state index contributed by atoms with van der Waals surface area (Å²) >= 11 is 24.9. The highest BCUT2D eigenvalue weighted by Crippen LogP contribution is 2.43. The topological polar surface area (TPSA) is 375 Å². The van der Waals surface area contributed by atoms with Crippen LogP contribution in [0.15, 0.2) is 232 Å². The highest BCUT2D eigenvalue weighted by Gasteiger charge is 2.36. The molecule has 0 amide bonds. The van der Waals surface area contributed by atoms with Gasteiger partial charge in [0.15, 0.2) is 5.69 Å². The lowest BCUT2D eigenvalue weighted by atomic mass is 9.87. The molecule has 15 aromatic rings. The van der Waals surface area contributed by atoms with Gasteiger partial charge in [0, 0.05) is 16.1 Å². The van der Waals surface area contributed by atoms with Crippen molar-refractivity contribution in [3.05, 3.63) is 298 Å². The van der Waals surface area contributed by atoms with Crippen molar-refractivity contribution in [3.8, 4) is 57.2 Å². The van der Waals surface area contributed by atoms with Gasteiger partial charge >= 0.3 is 0 Å². The average molecular weight is 2190 g/mol. The number of nitrogens with zero attached hydrogens (tertiary/aromatic N) is 16. The normalized spacial score (nSPS) is 12.2. The first-order valence-electron chi connectivity index (χ1n) is 46.7. The third-order valence-corrected chi connectivity index (χ3v) is 35.2. The van der Waals surface area contributed by atoms with Crippen molar-refractivity contribution in [1.29, 1.82) is 0 Å². The highest BCUT2D eigenvalue weighted by molar-refractivity contribution is 7.92. The van der Waals surface area contributed by atoms with Crippen LogP contribution in [0.5, 0.6) is 28.7 Å². The van der Waals surface area contributed by atoms with Crippen LogP contribution in [0, 0.1) is 68.9 Å². The van der Waals surface area contributed by atoms with Gasteiger partial charge in [-0.2, -0.15) is 0 Å². The van der Waals surface area contributed by atoms with Crippen molar-refractivity contribution in [2.24, 2.45) is 0 Å². The molecule has 784 valence electrons. The SMILES string of the molecule is COc1cc(C(C)C)c(Cl)cc1-n1nnc(S(=O)(=O)c2ccc(C(C)(C)C)cc2)c1C.COc1cc(C)c(C)cc1-n1nnc(S(=O)(=O)c2ccc(C(C)(C)C)cc2)c1C.COc1cc(C)c(Cl)cc1-n1nnc(S(=O)(=O)c2ccc(C(C)(C)C)cc2)c1C.COc1cc(Cl)c(Cl)cc1-n1nnc(S(=O)(=O)c2ccc(C(C)(C)C)cc2)c1C.[C-]#[N+]c1cc(OC)c(-n2nnc(S(=O)(=O)c3ccc(C(C)(C)C)cc3)c2C)cc1C. The molecule has 0 bridgehead atoms. The average Bonchev–Trinajstić information content (AvgIpc) is 1.60. The zero-order chi connectivity index (χ0) is 110. The molecule has 5 heterocycles. The number of halogens is 4. The van der Waals surface area contributed by atoms with Gasteiger partial charge in [-0.1, -0.05) is 251 Å². The van der Waals surface area contributed by atoms with Gasteiger partial charge in [0.05, 0.1) is 105 Å². The highest BCUT2D eigenvalue weighted by atomic mass is 35.5. The summed E-state index contributed by atoms with van der Waals surface area (Å²) in [5.41, 5.74) is 14.6. The summed E-state index contributed by atoms with van der Waals surface area (Å²) < 4.78 is 166. The van der Waals surface area contributed by atoms with Crippen molar-refractivity contribution >= 4 is 101 Å². The quantitative estimate of drug-likeness (QED) is 0.0603. The van der Waals surface area contributed by atoms with E-state index in [4.69, 9.17) is 76.7 Å². The van der Waals surface area contributed by atoms with E-state index in [0.29, 0.717) is 111 Å². The van der Waals surface area contributed by atoms with Gasteiger partial charge < -0.3 is 23.7 Å². The number of sulfone groups is 5. The van der Waals surface area contributed by atoms with E-state index in [1.807, 2.05) is 113 Å². The Hall–Kier alpha value is -12.7. The molecule has 31 nitrogen and oxygen atoms in total. The molecule has 15 rings (SSSR count). The minimum absolute atomic E-state index is 0.0544. The first kappa shape index (κ1) is 116. The predicted octanol–water partition coefficient (Wildman–Crippen LogP) is 24.1. The van der Waals surface area contributed by atoms with E-state index >= 15 is 0 Å². The Balaban J connectivity index is 0.000000176. The van der Waals surface area contributed by atoms with Gasteiger partial charge in [-0.3, -0.25) is 0 Å². The van der Waals surface area contributed by atoms with Gasteiger partial charge in [0.25, 0.3) is 0 Å². The first-order chi connectivity index (χ1) is 68.8. The van der Waals surface area contributed by atoms with Crippen LogP contribution in [0.25, 0.3) is 33.3 Å². The van der Waals surface area contributed by atoms with Gasteiger partial charge in [0.2, 0.25) is 74.3 Å². The molecule has 0 unspecified atom stereocenters. The molecule has 0 aliphatic rings. The van der Waals surface area contributed by atoms with Gasteiger partial charge in [-0.15, -0.1) is 25.5 Å². The minimum Gasteiger partial charge on any atom is -0.496 e. The second kappa shape index (κ2) is 44.6. The Kier molecular flexibility index (Phi) is 34.8. The molecular formula is C108H124Cl4N16O15S5. The maximum Gasteiger partial charge on any atom is 0.227 e. The monoisotopic (exact) mass is 2180 g/mol. The summed E-state index contributed by atoms with van der Waals surface area (Å²) in [6.07, 6.45) is 0. The third kappa shape index (κ3) is 24.5. The van der Waals surface area contributed by atoms with Crippen LogP contribution in [0.4, 0.5) is 5.69 Å². The van der Waals surface area contributed by atoms with Crippen molar-refractivity contribution < 1.29 is 65.8 Å². The fraction of sp³-hybridized carbons (Fsp3) is 0.343. The Morgan fingerprint density at radius 2 is 0.473 bits per heavy atom. The Morgan fingerprint density at radius 3 is 0.716 bits per heavy atom. The van der Waals surface area contributed by atoms with Crippen molar-refractivity contribution in [3.63, 3.8) is 0 Å². The summed E-state index contributed by atoms with van der Waals surface area (Å²) in [7, 11) is -11.5. The molecule has 0 radical (unpaired) electrons. The Bertz CT molecular complexity index is 7710. The second-order valence-electron chi connectivity index (χ2n) is 40.8. The minimum atomic E-state index is -3.85. The van der Waals surface area contributed by atoms with Gasteiger partial charge in [0.1, 0.15) is 57.2 Å². The van der Waals surface area contributed by atoms with Crippen LogP contribution in [-0.4, -0.2) is 153 Å². The lowest BCUT2D eigenvalue weighted by Crippen LogP contribution is -2.12. The second-order valence-corrected chi connectivity index (χ2v) is 51.7. The Morgan fingerprint density at radius 1 is 0.270 bits per heavy atom. The molecule has 148 heavy (non-hydrogen) atoms. The maximum atomic E-state index is 13.3. The van der Waals surface area contributed by atoms with Crippen LogP contribution in [0.1, 0.15) is 208 Å². The van der Waals surface area contributed by atoms with E-state index in [1.165, 1.54) is 44.7 Å². The van der Waals surface area contributed by atoms with E-state index in [9.17, 15) is 42.1 Å². The van der Waals surface area contributed by atoms with Crippen LogP contribution in [0.2, 0.25) is 20.1 Å². The molecule has 10 aromatic carbocycles. The molecule has 40 heteroatoms. The molecule has 0 atom stereocenters. The number of aromatic nitrogens is 15. The third-order valence-electron chi connectivity index (χ3n) is 24.8. The van der Waals surface area contributed by atoms with E-state index < -0.39 is 49.2 Å². The molecular weight excluding hydrogens is 2060 g/mol. The molecule has 0 aliphatic carbocycles. The fourth-order valence-corrected chi connectivity index (χ4v) is 23.1. The molecule has 0 saturated heterocycles. The summed E-state index contributed by atoms with van der Waals surface area (Å²) in [4.78, 5) is 4.35. The van der Waals surface area contributed by atoms with E-state index in [2.05, 4.69) is 160 Å². The summed E-state index contributed by atoms with van der Waals surface area (Å²) in [6.45, 7) is 58.4. The van der Waals surface area contributed by atoms with Crippen LogP contribution in [-0.2, 0) is 76.3 Å². The summed E-state index contributed by atoms with van der Waals surface area (Å²) in [5.74, 6) is 2.70. The van der Waals surface area contributed by atoms with Gasteiger partial charge in [-0.05, 0) is 266 Å². The van der Waals surface area contributed by atoms with Crippen molar-refractivity contribution in [2.45, 2.75) is 263 Å². The zero-order valence-electron chi connectivity index (χ0n) is 88.7. The number of benzene rings is 10. The number of hydrogen-bond acceptors (Lipinski definition) is 25. The molecule has 5 aromatic heterocycles. The number of rotatable bonds is 21. The lowest BCUT2D eigenvalue weighted by molar-refractivity contribution is 0.410. The summed E-state index contributed by atoms with van der Waals surface area (Å²) in [6, 6.07) is 51.7. The molecule has 0 N–H and O–H groups in total. The van der Waals surface area contributed by atoms with E-state index in [-0.39, 0.29) is 82.6 Å². The zero-order valence-corrected chi connectivity index (χ0v) is 95.8. The number of ether oxygens (including phenoxy) is 5. The fourth-order valence-electron chi connectivity index (χ4n) is 15.6.